The number of ether oxygens (including phenoxy) is 1. The first kappa shape index (κ1) is 18.2. The third-order valence-corrected chi connectivity index (χ3v) is 5.45. The maximum atomic E-state index is 6.27. The van der Waals surface area contributed by atoms with Gasteiger partial charge in [-0.15, -0.1) is 0 Å². The van der Waals surface area contributed by atoms with Gasteiger partial charge in [-0.25, -0.2) is 15.0 Å². The molecule has 4 rings (SSSR count). The van der Waals surface area contributed by atoms with E-state index in [-0.39, 0.29) is 5.60 Å². The number of aromatic nitrogens is 3. The third kappa shape index (κ3) is 2.87. The van der Waals surface area contributed by atoms with Crippen molar-refractivity contribution in [2.24, 2.45) is 0 Å². The van der Waals surface area contributed by atoms with Crippen molar-refractivity contribution in [3.05, 3.63) is 23.1 Å². The molecule has 1 aliphatic rings. The van der Waals surface area contributed by atoms with Crippen LogP contribution >= 0.6 is 0 Å². The van der Waals surface area contributed by atoms with Gasteiger partial charge in [-0.2, -0.15) is 0 Å². The summed E-state index contributed by atoms with van der Waals surface area (Å²) in [7, 11) is 0. The first-order valence-electron chi connectivity index (χ1n) is 9.84. The van der Waals surface area contributed by atoms with Crippen LogP contribution in [0.1, 0.15) is 64.3 Å². The van der Waals surface area contributed by atoms with Crippen LogP contribution in [0.2, 0.25) is 0 Å². The molecule has 0 fully saturated rings. The van der Waals surface area contributed by atoms with Crippen molar-refractivity contribution in [3.63, 3.8) is 0 Å². The smallest absolute Gasteiger partial charge is 0.229 e. The SMILES string of the molecule is CCN(CC)c1ncnc2c1oc1nc(C(C)C)c3c(c12)CC(C)(C)OC3. The molecule has 0 aromatic carbocycles. The summed E-state index contributed by atoms with van der Waals surface area (Å²) < 4.78 is 12.4. The Morgan fingerprint density at radius 3 is 2.56 bits per heavy atom. The molecule has 0 atom stereocenters. The summed E-state index contributed by atoms with van der Waals surface area (Å²) in [6.45, 7) is 15.2. The van der Waals surface area contributed by atoms with E-state index in [0.717, 1.165) is 47.5 Å². The topological polar surface area (TPSA) is 64.3 Å². The predicted molar refractivity (Wildman–Crippen MR) is 107 cm³/mol. The summed E-state index contributed by atoms with van der Waals surface area (Å²) in [6, 6.07) is 0. The van der Waals surface area contributed by atoms with E-state index in [9.17, 15) is 0 Å². The Labute approximate surface area is 159 Å². The predicted octanol–water partition coefficient (Wildman–Crippen LogP) is 4.59. The summed E-state index contributed by atoms with van der Waals surface area (Å²) in [5.74, 6) is 1.14. The van der Waals surface area contributed by atoms with Crippen LogP contribution in [0.15, 0.2) is 10.7 Å². The van der Waals surface area contributed by atoms with Crippen LogP contribution in [-0.2, 0) is 17.8 Å². The monoisotopic (exact) mass is 368 g/mol. The lowest BCUT2D eigenvalue weighted by atomic mass is 9.87. The van der Waals surface area contributed by atoms with Crippen molar-refractivity contribution in [2.75, 3.05) is 18.0 Å². The Morgan fingerprint density at radius 1 is 1.15 bits per heavy atom. The molecule has 3 aromatic rings. The molecule has 0 radical (unpaired) electrons. The molecule has 0 bridgehead atoms. The minimum atomic E-state index is -0.214. The number of fused-ring (bicyclic) bond motifs is 5. The fourth-order valence-corrected chi connectivity index (χ4v) is 4.04. The summed E-state index contributed by atoms with van der Waals surface area (Å²) in [4.78, 5) is 16.2. The molecular formula is C21H28N4O2. The maximum Gasteiger partial charge on any atom is 0.229 e. The zero-order chi connectivity index (χ0) is 19.3. The summed E-state index contributed by atoms with van der Waals surface area (Å²) in [6.07, 6.45) is 2.46. The Balaban J connectivity index is 2.08. The molecule has 0 unspecified atom stereocenters. The number of hydrogen-bond acceptors (Lipinski definition) is 6. The second-order valence-corrected chi connectivity index (χ2v) is 8.16. The van der Waals surface area contributed by atoms with Gasteiger partial charge in [-0.1, -0.05) is 13.8 Å². The highest BCUT2D eigenvalue weighted by Crippen LogP contribution is 2.41. The Hall–Kier alpha value is -2.21. The average molecular weight is 368 g/mol. The molecule has 144 valence electrons. The molecule has 27 heavy (non-hydrogen) atoms. The van der Waals surface area contributed by atoms with Crippen molar-refractivity contribution in [2.45, 2.75) is 66.1 Å². The van der Waals surface area contributed by atoms with E-state index in [2.05, 4.69) is 56.4 Å². The van der Waals surface area contributed by atoms with Gasteiger partial charge in [-0.05, 0) is 39.2 Å². The lowest BCUT2D eigenvalue weighted by Gasteiger charge is -2.33. The van der Waals surface area contributed by atoms with Crippen LogP contribution < -0.4 is 4.90 Å². The van der Waals surface area contributed by atoms with Gasteiger partial charge < -0.3 is 14.1 Å². The maximum absolute atomic E-state index is 6.27. The number of pyridine rings is 1. The molecule has 6 heteroatoms. The van der Waals surface area contributed by atoms with E-state index in [0.29, 0.717) is 18.2 Å². The summed E-state index contributed by atoms with van der Waals surface area (Å²) in [5, 5.41) is 1.02. The van der Waals surface area contributed by atoms with Crippen molar-refractivity contribution >= 4 is 28.0 Å². The van der Waals surface area contributed by atoms with Gasteiger partial charge in [-0.3, -0.25) is 0 Å². The van der Waals surface area contributed by atoms with Crippen LogP contribution in [0.3, 0.4) is 0 Å². The Morgan fingerprint density at radius 2 is 1.89 bits per heavy atom. The van der Waals surface area contributed by atoms with E-state index in [1.54, 1.807) is 6.33 Å². The van der Waals surface area contributed by atoms with E-state index in [1.807, 2.05) is 0 Å². The van der Waals surface area contributed by atoms with Crippen molar-refractivity contribution in [1.82, 2.24) is 15.0 Å². The lowest BCUT2D eigenvalue weighted by Crippen LogP contribution is -2.33. The minimum Gasteiger partial charge on any atom is -0.432 e. The highest BCUT2D eigenvalue weighted by Gasteiger charge is 2.33. The molecule has 0 N–H and O–H groups in total. The van der Waals surface area contributed by atoms with Crippen molar-refractivity contribution < 1.29 is 9.15 Å². The van der Waals surface area contributed by atoms with Crippen molar-refractivity contribution in [1.29, 1.82) is 0 Å². The third-order valence-electron chi connectivity index (χ3n) is 5.45. The second-order valence-electron chi connectivity index (χ2n) is 8.16. The summed E-state index contributed by atoms with van der Waals surface area (Å²) in [5.41, 5.74) is 5.57. The van der Waals surface area contributed by atoms with Gasteiger partial charge in [0.15, 0.2) is 11.4 Å². The van der Waals surface area contributed by atoms with Crippen LogP contribution in [-0.4, -0.2) is 33.6 Å². The molecule has 0 saturated heterocycles. The Bertz CT molecular complexity index is 1000. The van der Waals surface area contributed by atoms with Crippen LogP contribution in [0.25, 0.3) is 22.2 Å². The first-order valence-corrected chi connectivity index (χ1v) is 9.84. The van der Waals surface area contributed by atoms with Gasteiger partial charge in [0.25, 0.3) is 0 Å². The van der Waals surface area contributed by atoms with Gasteiger partial charge in [0.05, 0.1) is 23.3 Å². The van der Waals surface area contributed by atoms with Gasteiger partial charge in [0, 0.05) is 25.1 Å². The Kier molecular flexibility index (Phi) is 4.34. The second kappa shape index (κ2) is 6.44. The molecule has 4 heterocycles. The largest absolute Gasteiger partial charge is 0.432 e. The zero-order valence-electron chi connectivity index (χ0n) is 17.1. The number of furan rings is 1. The van der Waals surface area contributed by atoms with Crippen LogP contribution in [0, 0.1) is 0 Å². The van der Waals surface area contributed by atoms with Crippen LogP contribution in [0.4, 0.5) is 5.82 Å². The fraction of sp³-hybridized carbons (Fsp3) is 0.571. The molecule has 6 nitrogen and oxygen atoms in total. The molecule has 3 aromatic heterocycles. The highest BCUT2D eigenvalue weighted by atomic mass is 16.5. The highest BCUT2D eigenvalue weighted by molar-refractivity contribution is 6.06. The quantitative estimate of drug-likeness (QED) is 0.671. The standard InChI is InChI=1S/C21H28N4O2/c1-7-25(8-2)19-18-17(22-11-23-19)15-13-9-21(5,6)26-10-14(13)16(12(3)4)24-20(15)27-18/h11-12H,7-10H2,1-6H3. The van der Waals surface area contributed by atoms with E-state index >= 15 is 0 Å². The van der Waals surface area contributed by atoms with E-state index < -0.39 is 0 Å². The number of hydrogen-bond donors (Lipinski definition) is 0. The minimum absolute atomic E-state index is 0.214. The van der Waals surface area contributed by atoms with Gasteiger partial charge >= 0.3 is 0 Å². The van der Waals surface area contributed by atoms with Gasteiger partial charge in [0.2, 0.25) is 5.71 Å². The number of anilines is 1. The number of nitrogens with zero attached hydrogens (tertiary/aromatic N) is 4. The molecule has 0 saturated carbocycles. The molecular weight excluding hydrogens is 340 g/mol. The molecule has 0 amide bonds. The zero-order valence-corrected chi connectivity index (χ0v) is 17.1. The fourth-order valence-electron chi connectivity index (χ4n) is 4.04. The van der Waals surface area contributed by atoms with Crippen LogP contribution in [0.5, 0.6) is 0 Å². The normalized spacial score (nSPS) is 16.3. The lowest BCUT2D eigenvalue weighted by molar-refractivity contribution is -0.0402. The molecule has 1 aliphatic heterocycles. The first-order chi connectivity index (χ1) is 12.9. The van der Waals surface area contributed by atoms with Crippen molar-refractivity contribution in [3.8, 4) is 0 Å². The molecule has 0 aliphatic carbocycles. The molecule has 0 spiro atoms. The van der Waals surface area contributed by atoms with E-state index in [4.69, 9.17) is 14.1 Å². The number of rotatable bonds is 4. The average Bonchev–Trinajstić information content (AvgIpc) is 3.00. The van der Waals surface area contributed by atoms with Gasteiger partial charge in [0.1, 0.15) is 11.8 Å². The van der Waals surface area contributed by atoms with E-state index in [1.165, 1.54) is 11.1 Å². The summed E-state index contributed by atoms with van der Waals surface area (Å²) >= 11 is 0.